The number of aryl methyl sites for hydroxylation is 7. The highest BCUT2D eigenvalue weighted by molar-refractivity contribution is 7.01. The van der Waals surface area contributed by atoms with Gasteiger partial charge in [-0.1, -0.05) is 108 Å². The number of aromatic nitrogens is 1. The summed E-state index contributed by atoms with van der Waals surface area (Å²) in [7, 11) is 0. The Bertz CT molecular complexity index is 3570. The monoisotopic (exact) mass is 893 g/mol. The molecular weight excluding hydrogens is 834 g/mol. The first-order chi connectivity index (χ1) is 33.5. The lowest BCUT2D eigenvalue weighted by atomic mass is 9.33. The molecule has 4 saturated carbocycles. The molecule has 0 unspecified atom stereocenters. The van der Waals surface area contributed by atoms with E-state index in [0.29, 0.717) is 5.41 Å². The zero-order chi connectivity index (χ0) is 46.6. The molecule has 4 aliphatic carbocycles. The fourth-order valence-corrected chi connectivity index (χ4v) is 15.7. The van der Waals surface area contributed by atoms with Gasteiger partial charge in [0.2, 0.25) is 0 Å². The van der Waals surface area contributed by atoms with E-state index in [2.05, 4.69) is 208 Å². The van der Waals surface area contributed by atoms with E-state index in [1.165, 1.54) is 167 Å². The van der Waals surface area contributed by atoms with Crippen LogP contribution in [0.15, 0.2) is 146 Å². The Labute approximate surface area is 408 Å². The third-order valence-corrected chi connectivity index (χ3v) is 17.6. The van der Waals surface area contributed by atoms with Crippen molar-refractivity contribution in [1.82, 2.24) is 4.57 Å². The molecule has 4 bridgehead atoms. The average molecular weight is 894 g/mol. The van der Waals surface area contributed by atoms with E-state index in [9.17, 15) is 0 Å². The van der Waals surface area contributed by atoms with Gasteiger partial charge in [-0.15, -0.1) is 0 Å². The molecule has 3 heterocycles. The molecule has 1 aromatic heterocycles. The Morgan fingerprint density at radius 3 is 1.59 bits per heavy atom. The molecule has 0 atom stereocenters. The molecule has 2 aliphatic heterocycles. The number of para-hydroxylation sites is 1. The van der Waals surface area contributed by atoms with Gasteiger partial charge in [0.15, 0.2) is 0 Å². The summed E-state index contributed by atoms with van der Waals surface area (Å²) >= 11 is 0. The van der Waals surface area contributed by atoms with Crippen molar-refractivity contribution in [1.29, 1.82) is 0 Å². The van der Waals surface area contributed by atoms with Gasteiger partial charge >= 0.3 is 0 Å². The van der Waals surface area contributed by atoms with Crippen LogP contribution in [0.5, 0.6) is 0 Å². The second-order valence-electron chi connectivity index (χ2n) is 22.4. The largest absolute Gasteiger partial charge is 0.311 e. The minimum Gasteiger partial charge on any atom is -0.311 e. The lowest BCUT2D eigenvalue weighted by Crippen LogP contribution is -2.62. The summed E-state index contributed by atoms with van der Waals surface area (Å²) in [6.07, 6.45) is 8.50. The van der Waals surface area contributed by atoms with Crippen LogP contribution in [0.4, 0.5) is 34.1 Å². The smallest absolute Gasteiger partial charge is 0.254 e. The molecular formula is C65H60BN3. The first-order valence-electron chi connectivity index (χ1n) is 25.8. The summed E-state index contributed by atoms with van der Waals surface area (Å²) < 4.78 is 2.65. The van der Waals surface area contributed by atoms with Gasteiger partial charge < -0.3 is 14.4 Å². The van der Waals surface area contributed by atoms with Crippen molar-refractivity contribution in [3.05, 3.63) is 190 Å². The first kappa shape index (κ1) is 41.2. The van der Waals surface area contributed by atoms with Gasteiger partial charge in [0.1, 0.15) is 0 Å². The van der Waals surface area contributed by atoms with Crippen LogP contribution in [0.25, 0.3) is 38.6 Å². The molecule has 4 fully saturated rings. The second-order valence-corrected chi connectivity index (χ2v) is 22.4. The number of rotatable bonds is 5. The molecule has 4 heteroatoms. The number of nitrogens with zero attached hydrogens (tertiary/aromatic N) is 3. The Morgan fingerprint density at radius 1 is 0.420 bits per heavy atom. The standard InChI is InChI=1S/C65H60BN3/c1-38-24-41(4)63(42(5)25-38)68-57-19-13-18-56(67-54-17-12-11-16-51(54)52-34-50(21-23-55(52)67)65-35-45-30-46(36-65)32-47(31-45)37-65)61(57)66-53-22-20-49(48-14-9-8-10-15-48)33-58(53)69(60-29-40(3)28-59(68)62(60)66)64-43(6)26-39(2)27-44(64)7/h8-29,33-34,45-47H,30-32,35-37H2,1-7H3. The highest BCUT2D eigenvalue weighted by atomic mass is 15.2. The van der Waals surface area contributed by atoms with Crippen molar-refractivity contribution in [2.45, 2.75) is 92.4 Å². The summed E-state index contributed by atoms with van der Waals surface area (Å²) in [6.45, 7) is 15.9. The lowest BCUT2D eigenvalue weighted by Gasteiger charge is -2.57. The zero-order valence-corrected chi connectivity index (χ0v) is 41.3. The zero-order valence-electron chi connectivity index (χ0n) is 41.3. The van der Waals surface area contributed by atoms with E-state index in [4.69, 9.17) is 0 Å². The third-order valence-electron chi connectivity index (χ3n) is 17.6. The Hall–Kier alpha value is -6.78. The topological polar surface area (TPSA) is 11.4 Å². The fraction of sp³-hybridized carbons (Fsp3) is 0.262. The van der Waals surface area contributed by atoms with Crippen molar-refractivity contribution in [3.8, 4) is 16.8 Å². The van der Waals surface area contributed by atoms with Crippen LogP contribution < -0.4 is 26.2 Å². The predicted molar refractivity (Wildman–Crippen MR) is 293 cm³/mol. The molecule has 0 N–H and O–H groups in total. The van der Waals surface area contributed by atoms with E-state index in [0.717, 1.165) is 17.8 Å². The Kier molecular flexibility index (Phi) is 8.88. The van der Waals surface area contributed by atoms with Gasteiger partial charge in [-0.25, -0.2) is 0 Å². The summed E-state index contributed by atoms with van der Waals surface area (Å²) in [4.78, 5) is 5.29. The van der Waals surface area contributed by atoms with Crippen LogP contribution in [-0.2, 0) is 5.41 Å². The molecule has 9 aromatic rings. The summed E-state index contributed by atoms with van der Waals surface area (Å²) in [6, 6.07) is 56.9. The second kappa shape index (κ2) is 14.9. The van der Waals surface area contributed by atoms with Gasteiger partial charge in [-0.3, -0.25) is 0 Å². The summed E-state index contributed by atoms with van der Waals surface area (Å²) in [5.41, 5.74) is 28.8. The van der Waals surface area contributed by atoms with Crippen LogP contribution in [-0.4, -0.2) is 11.3 Å². The van der Waals surface area contributed by atoms with E-state index < -0.39 is 0 Å². The lowest BCUT2D eigenvalue weighted by molar-refractivity contribution is -0.00512. The van der Waals surface area contributed by atoms with Crippen molar-refractivity contribution in [2.75, 3.05) is 9.80 Å². The summed E-state index contributed by atoms with van der Waals surface area (Å²) in [5.74, 6) is 2.71. The Morgan fingerprint density at radius 2 is 0.957 bits per heavy atom. The van der Waals surface area contributed by atoms with Crippen LogP contribution in [0.3, 0.4) is 0 Å². The predicted octanol–water partition coefficient (Wildman–Crippen LogP) is 15.2. The molecule has 0 saturated heterocycles. The number of hydrogen-bond donors (Lipinski definition) is 0. The van der Waals surface area contributed by atoms with Gasteiger partial charge in [-0.05, 0) is 220 Å². The van der Waals surface area contributed by atoms with Crippen molar-refractivity contribution < 1.29 is 0 Å². The first-order valence-corrected chi connectivity index (χ1v) is 25.8. The number of anilines is 6. The molecule has 3 nitrogen and oxygen atoms in total. The minimum atomic E-state index is -0.0474. The van der Waals surface area contributed by atoms with Crippen LogP contribution in [0.1, 0.15) is 83.0 Å². The highest BCUT2D eigenvalue weighted by Crippen LogP contribution is 2.61. The van der Waals surface area contributed by atoms with Crippen molar-refractivity contribution >= 4 is 79.0 Å². The molecule has 69 heavy (non-hydrogen) atoms. The van der Waals surface area contributed by atoms with Crippen molar-refractivity contribution in [3.63, 3.8) is 0 Å². The highest BCUT2D eigenvalue weighted by Gasteiger charge is 2.52. The van der Waals surface area contributed by atoms with Crippen LogP contribution in [0, 0.1) is 66.2 Å². The maximum absolute atomic E-state index is 2.66. The van der Waals surface area contributed by atoms with Gasteiger partial charge in [0.05, 0.1) is 22.4 Å². The van der Waals surface area contributed by atoms with Gasteiger partial charge in [0.25, 0.3) is 6.71 Å². The number of hydrogen-bond acceptors (Lipinski definition) is 2. The third kappa shape index (κ3) is 6.00. The van der Waals surface area contributed by atoms with Crippen molar-refractivity contribution in [2.24, 2.45) is 17.8 Å². The maximum atomic E-state index is 2.66. The normalized spacial score (nSPS) is 20.7. The fourth-order valence-electron chi connectivity index (χ4n) is 15.7. The Balaban J connectivity index is 1.08. The SMILES string of the molecule is Cc1cc(C)c(N2c3cc(-c4ccccc4)ccc3B3c4c2cc(C)cc4N(c2c(C)cc(C)cc2C)c2cccc(-n4c5ccccc5c5cc(C67CC8CC(CC(C8)C6)C7)ccc54)c23)c(C)c1. The van der Waals surface area contributed by atoms with Gasteiger partial charge in [-0.2, -0.15) is 0 Å². The van der Waals surface area contributed by atoms with E-state index in [-0.39, 0.29) is 6.71 Å². The van der Waals surface area contributed by atoms with E-state index in [1.807, 2.05) is 0 Å². The summed E-state index contributed by atoms with van der Waals surface area (Å²) in [5, 5.41) is 2.73. The quantitative estimate of drug-likeness (QED) is 0.160. The van der Waals surface area contributed by atoms with Crippen LogP contribution in [0.2, 0.25) is 0 Å². The molecule has 6 aliphatic rings. The minimum absolute atomic E-state index is 0.0474. The van der Waals surface area contributed by atoms with E-state index >= 15 is 0 Å². The molecule has 0 radical (unpaired) electrons. The molecule has 8 aromatic carbocycles. The van der Waals surface area contributed by atoms with Crippen LogP contribution >= 0.6 is 0 Å². The number of fused-ring (bicyclic) bond motifs is 7. The molecule has 338 valence electrons. The maximum Gasteiger partial charge on any atom is 0.254 e. The molecule has 15 rings (SSSR count). The van der Waals surface area contributed by atoms with Gasteiger partial charge in [0, 0.05) is 39.2 Å². The van der Waals surface area contributed by atoms with E-state index in [1.54, 1.807) is 5.56 Å². The average Bonchev–Trinajstić information content (AvgIpc) is 3.65. The molecule has 0 spiro atoms. The number of benzene rings is 8. The molecule has 0 amide bonds.